The van der Waals surface area contributed by atoms with Gasteiger partial charge in [0, 0.05) is 0 Å². The minimum atomic E-state index is -3.90. The number of aliphatic hydroxyl groups excluding tert-OH is 1. The van der Waals surface area contributed by atoms with Gasteiger partial charge in [-0.1, -0.05) is 0 Å². The van der Waals surface area contributed by atoms with E-state index in [4.69, 9.17) is 5.11 Å². The molecule has 0 aromatic rings. The fourth-order valence-electron chi connectivity index (χ4n) is 0.432. The summed E-state index contributed by atoms with van der Waals surface area (Å²) in [5, 5.41) is 8.61. The molecule has 0 radical (unpaired) electrons. The predicted octanol–water partition coefficient (Wildman–Crippen LogP) is -1.81. The van der Waals surface area contributed by atoms with Gasteiger partial charge in [-0.3, -0.25) is 4.79 Å². The van der Waals surface area contributed by atoms with Gasteiger partial charge in [-0.15, -0.1) is 0 Å². The van der Waals surface area contributed by atoms with Crippen LogP contribution in [0.25, 0.3) is 0 Å². The third-order valence-corrected chi connectivity index (χ3v) is 4.51. The summed E-state index contributed by atoms with van der Waals surface area (Å²) in [7, 11) is -3.90. The largest absolute Gasteiger partial charge is 1.04 e. The van der Waals surface area contributed by atoms with E-state index < -0.39 is 37.6 Å². The van der Waals surface area contributed by atoms with E-state index in [0.29, 0.717) is 0 Å². The lowest BCUT2D eigenvalue weighted by Gasteiger charge is -2.20. The molecule has 1 atom stereocenters. The zero-order valence-electron chi connectivity index (χ0n) is 5.96. The van der Waals surface area contributed by atoms with Crippen molar-refractivity contribution in [3.05, 3.63) is 0 Å². The summed E-state index contributed by atoms with van der Waals surface area (Å²) in [6.45, 7) is 1.18. The van der Waals surface area contributed by atoms with Crippen LogP contribution in [0.3, 0.4) is 0 Å². The zero-order valence-corrected chi connectivity index (χ0v) is 7.93. The molecule has 0 spiro atoms. The lowest BCUT2D eigenvalue weighted by Crippen LogP contribution is -2.46. The molecule has 0 aromatic carbocycles. The molecule has 1 fully saturated rings. The molecule has 1 saturated heterocycles. The fourth-order valence-corrected chi connectivity index (χ4v) is 2.73. The topological polar surface area (TPSA) is 99.1 Å². The Balaban J connectivity index is 2.33. The summed E-state index contributed by atoms with van der Waals surface area (Å²) in [4.78, 5) is 10.6. The van der Waals surface area contributed by atoms with Gasteiger partial charge < -0.3 is 15.4 Å². The first-order valence-corrected chi connectivity index (χ1v) is 5.65. The van der Waals surface area contributed by atoms with E-state index in [9.17, 15) is 13.2 Å². The summed E-state index contributed by atoms with van der Waals surface area (Å²) < 4.78 is 32.8. The highest BCUT2D eigenvalue weighted by atomic mass is 32.3. The normalized spacial score (nSPS) is 22.7. The summed E-state index contributed by atoms with van der Waals surface area (Å²) in [5.41, 5.74) is 0. The number of carbonyl (C=O) groups excluding carboxylic acids is 1. The maximum atomic E-state index is 10.6. The second kappa shape index (κ2) is 3.29. The molecule has 0 aromatic heterocycles. The molecule has 1 aliphatic rings. The summed E-state index contributed by atoms with van der Waals surface area (Å²) in [5.74, 6) is -0.957. The van der Waals surface area contributed by atoms with E-state index in [1.165, 1.54) is 6.92 Å². The number of hydrogen-bond donors (Lipinski definition) is 1. The second-order valence-corrected chi connectivity index (χ2v) is 5.17. The maximum absolute atomic E-state index is 10.6. The molecule has 0 aliphatic carbocycles. The number of hydrogen-bond acceptors (Lipinski definition) is 7. The summed E-state index contributed by atoms with van der Waals surface area (Å²) in [6, 6.07) is 0. The second-order valence-electron chi connectivity index (χ2n) is 2.00. The lowest BCUT2D eigenvalue weighted by molar-refractivity contribution is -0.145. The minimum absolute atomic E-state index is 0.957. The molecule has 0 saturated carbocycles. The lowest BCUT2D eigenvalue weighted by atomic mass is 10.4. The van der Waals surface area contributed by atoms with Crippen LogP contribution in [-0.2, 0) is 25.5 Å². The average Bonchev–Trinajstić information content (AvgIpc) is 1.83. The van der Waals surface area contributed by atoms with Gasteiger partial charge >= 0.3 is 31.5 Å². The van der Waals surface area contributed by atoms with Gasteiger partial charge in [0.25, 0.3) is 0 Å². The standard InChI is InChI=1S/C3H6O3.Al.H2O4S/c1-2(4)3(5)6;;1-5(2,3)4/h2,4H,1H3,(H,5,6);;(H2,1,2,3,4)/q;+3;/p-3. The van der Waals surface area contributed by atoms with Crippen molar-refractivity contribution in [2.45, 2.75) is 13.0 Å². The Morgan fingerprint density at radius 2 is 2.08 bits per heavy atom. The van der Waals surface area contributed by atoms with Crippen molar-refractivity contribution in [3.8, 4) is 0 Å². The zero-order chi connectivity index (χ0) is 9.35. The van der Waals surface area contributed by atoms with Crippen molar-refractivity contribution in [3.63, 3.8) is 0 Å². The maximum Gasteiger partial charge on any atom is 1.04 e. The average molecular weight is 212 g/mol. The van der Waals surface area contributed by atoms with Crippen LogP contribution < -0.4 is 0 Å². The van der Waals surface area contributed by atoms with Crippen LogP contribution in [0.1, 0.15) is 6.92 Å². The highest BCUT2D eigenvalue weighted by Crippen LogP contribution is 2.15. The molecule has 0 bridgehead atoms. The van der Waals surface area contributed by atoms with E-state index >= 15 is 0 Å². The first-order valence-electron chi connectivity index (χ1n) is 2.91. The Morgan fingerprint density at radius 3 is 2.42 bits per heavy atom. The molecule has 1 rings (SSSR count). The SMILES string of the molecule is CC(O)C(=O)[O][Al]1[O]S(=O)(=O)[O]1. The van der Waals surface area contributed by atoms with E-state index in [0.717, 1.165) is 0 Å². The van der Waals surface area contributed by atoms with E-state index in [-0.39, 0.29) is 0 Å². The molecule has 1 aliphatic heterocycles. The Kier molecular flexibility index (Phi) is 2.72. The molecular weight excluding hydrogens is 207 g/mol. The van der Waals surface area contributed by atoms with Gasteiger partial charge in [0.05, 0.1) is 0 Å². The van der Waals surface area contributed by atoms with E-state index in [1.54, 1.807) is 0 Å². The van der Waals surface area contributed by atoms with Crippen LogP contribution in [0.5, 0.6) is 0 Å². The molecular formula is C3H5AlO7S. The van der Waals surface area contributed by atoms with Gasteiger partial charge in [0.2, 0.25) is 0 Å². The summed E-state index contributed by atoms with van der Waals surface area (Å²) >= 11 is -2.84. The molecule has 68 valence electrons. The van der Waals surface area contributed by atoms with E-state index in [2.05, 4.69) is 10.3 Å². The number of rotatable bonds is 2. The molecule has 7 nitrogen and oxygen atoms in total. The molecule has 1 unspecified atom stereocenters. The monoisotopic (exact) mass is 212 g/mol. The minimum Gasteiger partial charge on any atom is -0.569 e. The Labute approximate surface area is 73.6 Å². The van der Waals surface area contributed by atoms with Gasteiger partial charge in [-0.2, -0.15) is 8.42 Å². The van der Waals surface area contributed by atoms with Crippen molar-refractivity contribution < 1.29 is 28.6 Å². The van der Waals surface area contributed by atoms with Crippen molar-refractivity contribution in [2.75, 3.05) is 0 Å². The first kappa shape index (κ1) is 9.92. The first-order chi connectivity index (χ1) is 5.41. The van der Waals surface area contributed by atoms with E-state index in [1.807, 2.05) is 0 Å². The predicted molar refractivity (Wildman–Crippen MR) is 34.6 cm³/mol. The number of aliphatic hydroxyl groups is 1. The quantitative estimate of drug-likeness (QED) is 0.538. The van der Waals surface area contributed by atoms with Crippen LogP contribution in [0.2, 0.25) is 0 Å². The van der Waals surface area contributed by atoms with Gasteiger partial charge in [0.1, 0.15) is 6.10 Å². The van der Waals surface area contributed by atoms with Crippen LogP contribution >= 0.6 is 0 Å². The summed E-state index contributed by atoms with van der Waals surface area (Å²) in [6.07, 6.45) is -1.31. The van der Waals surface area contributed by atoms with Crippen molar-refractivity contribution in [1.29, 1.82) is 0 Å². The highest BCUT2D eigenvalue weighted by Gasteiger charge is 2.57. The van der Waals surface area contributed by atoms with Gasteiger partial charge in [0.15, 0.2) is 0 Å². The van der Waals surface area contributed by atoms with Crippen molar-refractivity contribution in [1.82, 2.24) is 0 Å². The molecule has 9 heteroatoms. The highest BCUT2D eigenvalue weighted by molar-refractivity contribution is 7.86. The van der Waals surface area contributed by atoms with Crippen LogP contribution in [0.4, 0.5) is 0 Å². The number of carbonyl (C=O) groups is 1. The molecule has 12 heavy (non-hydrogen) atoms. The smallest absolute Gasteiger partial charge is 0.569 e. The van der Waals surface area contributed by atoms with Gasteiger partial charge in [-0.05, 0) is 6.92 Å². The Hall–Kier alpha value is -0.168. The van der Waals surface area contributed by atoms with Crippen LogP contribution in [0, 0.1) is 0 Å². The molecule has 1 heterocycles. The fraction of sp³-hybridized carbons (Fsp3) is 0.667. The van der Waals surface area contributed by atoms with Crippen LogP contribution in [-0.4, -0.2) is 40.7 Å². The van der Waals surface area contributed by atoms with Crippen molar-refractivity contribution in [2.24, 2.45) is 0 Å². The molecule has 1 N–H and O–H groups in total. The third kappa shape index (κ3) is 2.41. The Morgan fingerprint density at radius 1 is 1.58 bits per heavy atom. The third-order valence-electron chi connectivity index (χ3n) is 0.946. The van der Waals surface area contributed by atoms with Gasteiger partial charge in [-0.25, -0.2) is 0 Å². The molecule has 0 amide bonds. The van der Waals surface area contributed by atoms with Crippen LogP contribution in [0.15, 0.2) is 0 Å². The Bertz CT molecular complexity index is 269. The van der Waals surface area contributed by atoms with Crippen molar-refractivity contribution >= 4 is 31.5 Å².